The maximum absolute atomic E-state index is 14.0. The number of sulfonamides is 1. The van der Waals surface area contributed by atoms with Crippen molar-refractivity contribution in [1.29, 1.82) is 0 Å². The summed E-state index contributed by atoms with van der Waals surface area (Å²) in [4.78, 5) is 12.1. The summed E-state index contributed by atoms with van der Waals surface area (Å²) >= 11 is 1.38. The minimum atomic E-state index is -4.20. The van der Waals surface area contributed by atoms with Crippen LogP contribution in [0.4, 0.5) is 14.5 Å². The number of carbonyl (C=O) groups is 1. The smallest absolute Gasteiger partial charge is 0.246 e. The molecule has 2 heterocycles. The molecule has 1 fully saturated rings. The summed E-state index contributed by atoms with van der Waals surface area (Å²) in [5.74, 6) is -2.52. The maximum Gasteiger partial charge on any atom is 0.246 e. The quantitative estimate of drug-likeness (QED) is 0.525. The van der Waals surface area contributed by atoms with E-state index in [-0.39, 0.29) is 31.8 Å². The minimum Gasteiger partial charge on any atom is -0.326 e. The molecule has 0 atom stereocenters. The zero-order chi connectivity index (χ0) is 23.6. The predicted molar refractivity (Wildman–Crippen MR) is 117 cm³/mol. The molecule has 1 aliphatic heterocycles. The lowest BCUT2D eigenvalue weighted by Gasteiger charge is -2.30. The largest absolute Gasteiger partial charge is 0.326 e. The SMILES string of the molecule is CSc1nnnn1-c1cccc(NC(=O)C2CCN(S(=O)(=O)c3cc(F)ccc3F)CC2)c1. The highest BCUT2D eigenvalue weighted by molar-refractivity contribution is 7.98. The van der Waals surface area contributed by atoms with Gasteiger partial charge < -0.3 is 5.32 Å². The van der Waals surface area contributed by atoms with Crippen LogP contribution >= 0.6 is 11.8 Å². The molecule has 3 aromatic rings. The average Bonchev–Trinajstić information content (AvgIpc) is 3.30. The van der Waals surface area contributed by atoms with Gasteiger partial charge in [-0.3, -0.25) is 4.79 Å². The zero-order valence-corrected chi connectivity index (χ0v) is 19.1. The van der Waals surface area contributed by atoms with E-state index in [4.69, 9.17) is 0 Å². The first-order chi connectivity index (χ1) is 15.8. The molecule has 0 radical (unpaired) electrons. The van der Waals surface area contributed by atoms with Gasteiger partial charge in [-0.15, -0.1) is 5.10 Å². The average molecular weight is 495 g/mol. The number of rotatable bonds is 6. The predicted octanol–water partition coefficient (Wildman–Crippen LogP) is 2.70. The van der Waals surface area contributed by atoms with E-state index in [1.807, 2.05) is 6.26 Å². The Bertz CT molecular complexity index is 1280. The maximum atomic E-state index is 14.0. The molecular formula is C20H20F2N6O3S2. The normalized spacial score (nSPS) is 15.5. The van der Waals surface area contributed by atoms with Crippen LogP contribution in [0, 0.1) is 17.6 Å². The number of tetrazole rings is 1. The van der Waals surface area contributed by atoms with Crippen molar-refractivity contribution in [3.05, 3.63) is 54.1 Å². The van der Waals surface area contributed by atoms with E-state index in [1.54, 1.807) is 28.9 Å². The summed E-state index contributed by atoms with van der Waals surface area (Å²) in [7, 11) is -4.20. The lowest BCUT2D eigenvalue weighted by atomic mass is 9.97. The van der Waals surface area contributed by atoms with Crippen LogP contribution in [-0.4, -0.2) is 58.2 Å². The topological polar surface area (TPSA) is 110 Å². The Balaban J connectivity index is 1.41. The fourth-order valence-corrected chi connectivity index (χ4v) is 5.58. The third-order valence-corrected chi connectivity index (χ3v) is 7.85. The van der Waals surface area contributed by atoms with Gasteiger partial charge in [0.25, 0.3) is 0 Å². The van der Waals surface area contributed by atoms with Crippen molar-refractivity contribution >= 4 is 33.4 Å². The number of benzene rings is 2. The zero-order valence-electron chi connectivity index (χ0n) is 17.5. The summed E-state index contributed by atoms with van der Waals surface area (Å²) in [5, 5.41) is 15.0. The molecule has 1 N–H and O–H groups in total. The molecule has 0 unspecified atom stereocenters. The Hall–Kier alpha value is -2.90. The molecule has 33 heavy (non-hydrogen) atoms. The molecule has 13 heteroatoms. The molecular weight excluding hydrogens is 474 g/mol. The van der Waals surface area contributed by atoms with Gasteiger partial charge in [-0.2, -0.15) is 8.99 Å². The molecule has 0 saturated carbocycles. The summed E-state index contributed by atoms with van der Waals surface area (Å²) in [6.45, 7) is 0.0518. The second-order valence-corrected chi connectivity index (χ2v) is 10.0. The number of halogens is 2. The van der Waals surface area contributed by atoms with E-state index in [1.165, 1.54) is 11.8 Å². The fraction of sp³-hybridized carbons (Fsp3) is 0.300. The van der Waals surface area contributed by atoms with Crippen molar-refractivity contribution in [2.75, 3.05) is 24.7 Å². The molecule has 9 nitrogen and oxygen atoms in total. The minimum absolute atomic E-state index is 0.0259. The highest BCUT2D eigenvalue weighted by Crippen LogP contribution is 2.27. The summed E-state index contributed by atoms with van der Waals surface area (Å²) < 4.78 is 55.6. The molecule has 1 saturated heterocycles. The Labute approximate surface area is 193 Å². The number of thioether (sulfide) groups is 1. The van der Waals surface area contributed by atoms with Crippen molar-refractivity contribution in [3.63, 3.8) is 0 Å². The number of nitrogens with one attached hydrogen (secondary N) is 1. The number of carbonyl (C=O) groups excluding carboxylic acids is 1. The van der Waals surface area contributed by atoms with E-state index in [0.29, 0.717) is 22.6 Å². The Morgan fingerprint density at radius 3 is 2.64 bits per heavy atom. The lowest BCUT2D eigenvalue weighted by molar-refractivity contribution is -0.120. The first kappa shape index (κ1) is 23.3. The van der Waals surface area contributed by atoms with Crippen LogP contribution in [0.1, 0.15) is 12.8 Å². The lowest BCUT2D eigenvalue weighted by Crippen LogP contribution is -2.41. The van der Waals surface area contributed by atoms with Crippen LogP contribution in [0.3, 0.4) is 0 Å². The number of hydrogen-bond donors (Lipinski definition) is 1. The van der Waals surface area contributed by atoms with Crippen LogP contribution in [0.15, 0.2) is 52.5 Å². The van der Waals surface area contributed by atoms with Gasteiger partial charge in [-0.05, 0) is 65.9 Å². The third-order valence-electron chi connectivity index (χ3n) is 5.32. The Kier molecular flexibility index (Phi) is 6.72. The van der Waals surface area contributed by atoms with Gasteiger partial charge in [0.05, 0.1) is 5.69 Å². The van der Waals surface area contributed by atoms with E-state index in [9.17, 15) is 22.0 Å². The first-order valence-corrected chi connectivity index (χ1v) is 12.6. The summed E-state index contributed by atoms with van der Waals surface area (Å²) in [6, 6.07) is 9.36. The van der Waals surface area contributed by atoms with Crippen LogP contribution < -0.4 is 5.32 Å². The number of nitrogens with zero attached hydrogens (tertiary/aromatic N) is 5. The molecule has 0 bridgehead atoms. The van der Waals surface area contributed by atoms with E-state index in [0.717, 1.165) is 16.4 Å². The van der Waals surface area contributed by atoms with Crippen molar-refractivity contribution in [2.24, 2.45) is 5.92 Å². The molecule has 1 aromatic heterocycles. The van der Waals surface area contributed by atoms with Crippen molar-refractivity contribution in [1.82, 2.24) is 24.5 Å². The van der Waals surface area contributed by atoms with Gasteiger partial charge in [-0.1, -0.05) is 17.8 Å². The van der Waals surface area contributed by atoms with Crippen molar-refractivity contribution < 1.29 is 22.0 Å². The Morgan fingerprint density at radius 2 is 1.91 bits per heavy atom. The second kappa shape index (κ2) is 9.53. The van der Waals surface area contributed by atoms with Crippen molar-refractivity contribution in [3.8, 4) is 5.69 Å². The van der Waals surface area contributed by atoms with Gasteiger partial charge in [0.15, 0.2) is 0 Å². The van der Waals surface area contributed by atoms with Crippen LogP contribution in [0.5, 0.6) is 0 Å². The molecule has 0 aliphatic carbocycles. The van der Waals surface area contributed by atoms with Crippen LogP contribution in [0.25, 0.3) is 5.69 Å². The second-order valence-electron chi connectivity index (χ2n) is 7.37. The van der Waals surface area contributed by atoms with Gasteiger partial charge in [0.1, 0.15) is 16.5 Å². The van der Waals surface area contributed by atoms with E-state index >= 15 is 0 Å². The first-order valence-electron chi connectivity index (χ1n) is 9.98. The molecule has 1 aliphatic rings. The highest BCUT2D eigenvalue weighted by atomic mass is 32.2. The number of hydrogen-bond acceptors (Lipinski definition) is 7. The summed E-state index contributed by atoms with van der Waals surface area (Å²) in [6.07, 6.45) is 2.36. The van der Waals surface area contributed by atoms with Gasteiger partial charge in [0, 0.05) is 24.7 Å². The van der Waals surface area contributed by atoms with Crippen molar-refractivity contribution in [2.45, 2.75) is 22.9 Å². The van der Waals surface area contributed by atoms with Crippen LogP contribution in [0.2, 0.25) is 0 Å². The molecule has 4 rings (SSSR count). The number of anilines is 1. The van der Waals surface area contributed by atoms with Crippen LogP contribution in [-0.2, 0) is 14.8 Å². The third kappa shape index (κ3) is 4.89. The Morgan fingerprint density at radius 1 is 1.15 bits per heavy atom. The highest BCUT2D eigenvalue weighted by Gasteiger charge is 2.33. The fourth-order valence-electron chi connectivity index (χ4n) is 3.60. The number of piperidine rings is 1. The van der Waals surface area contributed by atoms with Gasteiger partial charge >= 0.3 is 0 Å². The van der Waals surface area contributed by atoms with E-state index < -0.39 is 32.5 Å². The van der Waals surface area contributed by atoms with E-state index in [2.05, 4.69) is 20.8 Å². The molecule has 174 valence electrons. The standard InChI is InChI=1S/C20H20F2N6O3S2/c1-32-20-24-25-26-28(20)16-4-2-3-15(12-16)23-19(29)13-7-9-27(10-8-13)33(30,31)18-11-14(21)5-6-17(18)22/h2-6,11-13H,7-10H2,1H3,(H,23,29). The number of aromatic nitrogens is 4. The van der Waals surface area contributed by atoms with Gasteiger partial charge in [0.2, 0.25) is 21.1 Å². The molecule has 0 spiro atoms. The molecule has 1 amide bonds. The number of amides is 1. The summed E-state index contributed by atoms with van der Waals surface area (Å²) in [5.41, 5.74) is 1.23. The molecule has 2 aromatic carbocycles. The monoisotopic (exact) mass is 494 g/mol. The van der Waals surface area contributed by atoms with Gasteiger partial charge in [-0.25, -0.2) is 17.2 Å².